The molecule has 1 aromatic carbocycles. The molecule has 9 nitrogen and oxygen atoms in total. The molecule has 4 bridgehead atoms. The molecule has 14 heteroatoms. The van der Waals surface area contributed by atoms with E-state index in [1.807, 2.05) is 0 Å². The molecule has 0 aliphatic heterocycles. The molecule has 4 fully saturated rings. The summed E-state index contributed by atoms with van der Waals surface area (Å²) in [7, 11) is -3.95. The molecule has 0 saturated heterocycles. The van der Waals surface area contributed by atoms with Crippen molar-refractivity contribution < 1.29 is 21.6 Å². The fourth-order valence-corrected chi connectivity index (χ4v) is 8.31. The van der Waals surface area contributed by atoms with E-state index in [1.54, 1.807) is 0 Å². The summed E-state index contributed by atoms with van der Waals surface area (Å²) in [5.41, 5.74) is 3.69. The lowest BCUT2D eigenvalue weighted by molar-refractivity contribution is -0.137. The summed E-state index contributed by atoms with van der Waals surface area (Å²) in [5, 5.41) is 8.29. The van der Waals surface area contributed by atoms with Crippen LogP contribution >= 0.6 is 11.6 Å². The van der Waals surface area contributed by atoms with Gasteiger partial charge in [0.05, 0.1) is 10.6 Å². The predicted octanol–water partition coefficient (Wildman–Crippen LogP) is 4.72. The van der Waals surface area contributed by atoms with Gasteiger partial charge in [-0.15, -0.1) is 5.10 Å². The number of halogens is 4. The zero-order valence-corrected chi connectivity index (χ0v) is 20.9. The summed E-state index contributed by atoms with van der Waals surface area (Å²) in [4.78, 5) is 7.83. The van der Waals surface area contributed by atoms with Gasteiger partial charge in [-0.25, -0.2) is 23.2 Å². The molecule has 4 aliphatic rings. The standard InChI is InChI=1S/C23H23ClF3N7O2S/c24-17-6-15(30-21-31-20(28)32-33-21)5-16(23(25,26)27)19(17)12-1-2-18(29-10-12)37(35,36)34-22-7-11-3-13(8-22)14(4-11)9-22/h1-2,5-6,10-11,13-14,34H,3-4,7-9H2,(H4,28,30,31,32,33). The van der Waals surface area contributed by atoms with E-state index in [9.17, 15) is 21.6 Å². The number of sulfonamides is 1. The van der Waals surface area contributed by atoms with Crippen LogP contribution in [0.4, 0.5) is 30.8 Å². The summed E-state index contributed by atoms with van der Waals surface area (Å²) >= 11 is 6.29. The number of nitrogens with zero attached hydrogens (tertiary/aromatic N) is 3. The summed E-state index contributed by atoms with van der Waals surface area (Å²) in [6.45, 7) is 0. The lowest BCUT2D eigenvalue weighted by Crippen LogP contribution is -2.50. The maximum Gasteiger partial charge on any atom is 0.417 e. The van der Waals surface area contributed by atoms with Crippen LogP contribution in [0.1, 0.15) is 37.7 Å². The fourth-order valence-electron chi connectivity index (χ4n) is 6.62. The van der Waals surface area contributed by atoms with Crippen molar-refractivity contribution in [1.29, 1.82) is 0 Å². The third kappa shape index (κ3) is 4.42. The first kappa shape index (κ1) is 24.4. The van der Waals surface area contributed by atoms with Crippen LogP contribution in [0.25, 0.3) is 11.1 Å². The Morgan fingerprint density at radius 2 is 1.86 bits per heavy atom. The quantitative estimate of drug-likeness (QED) is 0.346. The van der Waals surface area contributed by atoms with Crippen molar-refractivity contribution in [2.24, 2.45) is 17.8 Å². The number of aromatic nitrogens is 4. The molecule has 2 unspecified atom stereocenters. The van der Waals surface area contributed by atoms with Crippen molar-refractivity contribution in [3.05, 3.63) is 41.0 Å². The number of hydrogen-bond donors (Lipinski definition) is 4. The van der Waals surface area contributed by atoms with E-state index in [0.29, 0.717) is 17.8 Å². The van der Waals surface area contributed by atoms with Gasteiger partial charge in [0.25, 0.3) is 10.0 Å². The van der Waals surface area contributed by atoms with Crippen LogP contribution in [0.5, 0.6) is 0 Å². The second-order valence-electron chi connectivity index (χ2n) is 10.3. The SMILES string of the molecule is Nc1nc(Nc2cc(Cl)c(-c3ccc(S(=O)(=O)NC45CC6CC(C4)C(C6)C5)nc3)c(C(F)(F)F)c2)n[nH]1. The van der Waals surface area contributed by atoms with E-state index in [2.05, 4.69) is 30.2 Å². The molecule has 7 rings (SSSR count). The first-order valence-electron chi connectivity index (χ1n) is 11.8. The van der Waals surface area contributed by atoms with Crippen LogP contribution in [0, 0.1) is 17.8 Å². The summed E-state index contributed by atoms with van der Waals surface area (Å²) in [5.74, 6) is 1.65. The predicted molar refractivity (Wildman–Crippen MR) is 130 cm³/mol. The summed E-state index contributed by atoms with van der Waals surface area (Å²) < 4.78 is 71.2. The van der Waals surface area contributed by atoms with Gasteiger partial charge in [-0.1, -0.05) is 11.6 Å². The molecule has 196 valence electrons. The Kier molecular flexibility index (Phi) is 5.48. The minimum Gasteiger partial charge on any atom is -0.368 e. The van der Waals surface area contributed by atoms with Crippen molar-refractivity contribution in [3.8, 4) is 11.1 Å². The maximum absolute atomic E-state index is 14.0. The molecule has 2 heterocycles. The number of anilines is 3. The highest BCUT2D eigenvalue weighted by atomic mass is 35.5. The molecule has 2 aromatic heterocycles. The number of nitrogens with one attached hydrogen (secondary N) is 3. The Bertz CT molecular complexity index is 1460. The topological polar surface area (TPSA) is 139 Å². The Balaban J connectivity index is 1.29. The van der Waals surface area contributed by atoms with E-state index in [4.69, 9.17) is 17.3 Å². The second kappa shape index (κ2) is 8.30. The van der Waals surface area contributed by atoms with Crippen LogP contribution in [0.2, 0.25) is 5.02 Å². The monoisotopic (exact) mass is 553 g/mol. The van der Waals surface area contributed by atoms with Crippen molar-refractivity contribution in [2.45, 2.75) is 48.8 Å². The van der Waals surface area contributed by atoms with Crippen molar-refractivity contribution >= 4 is 39.2 Å². The third-order valence-corrected chi connectivity index (χ3v) is 9.52. The van der Waals surface area contributed by atoms with Crippen molar-refractivity contribution in [1.82, 2.24) is 24.9 Å². The molecule has 5 N–H and O–H groups in total. The van der Waals surface area contributed by atoms with E-state index < -0.39 is 27.3 Å². The highest BCUT2D eigenvalue weighted by Crippen LogP contribution is 2.60. The lowest BCUT2D eigenvalue weighted by atomic mass is 9.77. The number of nitrogens with two attached hydrogens (primary N) is 1. The highest BCUT2D eigenvalue weighted by molar-refractivity contribution is 7.89. The fraction of sp³-hybridized carbons (Fsp3) is 0.435. The molecular formula is C23H23ClF3N7O2S. The largest absolute Gasteiger partial charge is 0.417 e. The molecular weight excluding hydrogens is 531 g/mol. The summed E-state index contributed by atoms with van der Waals surface area (Å²) in [6.07, 6.45) is 1.16. The average Bonchev–Trinajstić information content (AvgIpc) is 3.41. The van der Waals surface area contributed by atoms with E-state index in [-0.39, 0.29) is 38.8 Å². The van der Waals surface area contributed by atoms with Crippen LogP contribution in [-0.4, -0.2) is 34.1 Å². The zero-order chi connectivity index (χ0) is 26.2. The van der Waals surface area contributed by atoms with Gasteiger partial charge in [0.15, 0.2) is 5.03 Å². The summed E-state index contributed by atoms with van der Waals surface area (Å²) in [6, 6.07) is 4.65. The van der Waals surface area contributed by atoms with Gasteiger partial charge in [-0.05, 0) is 74.1 Å². The Morgan fingerprint density at radius 1 is 1.14 bits per heavy atom. The van der Waals surface area contributed by atoms with Crippen LogP contribution in [0.15, 0.2) is 35.5 Å². The van der Waals surface area contributed by atoms with Gasteiger partial charge in [-0.3, -0.25) is 0 Å². The average molecular weight is 554 g/mol. The molecule has 2 atom stereocenters. The number of aromatic amines is 1. The molecule has 0 amide bonds. The first-order valence-corrected chi connectivity index (χ1v) is 13.6. The maximum atomic E-state index is 14.0. The number of benzene rings is 1. The van der Waals surface area contributed by atoms with Crippen molar-refractivity contribution in [2.75, 3.05) is 11.1 Å². The zero-order valence-electron chi connectivity index (χ0n) is 19.3. The number of rotatable bonds is 6. The highest BCUT2D eigenvalue weighted by Gasteiger charge is 2.57. The second-order valence-corrected chi connectivity index (χ2v) is 12.3. The molecule has 37 heavy (non-hydrogen) atoms. The minimum atomic E-state index is -4.76. The number of alkyl halides is 3. The molecule has 0 radical (unpaired) electrons. The van der Waals surface area contributed by atoms with Gasteiger partial charge in [0.1, 0.15) is 0 Å². The number of pyridine rings is 1. The van der Waals surface area contributed by atoms with Crippen LogP contribution in [0.3, 0.4) is 0 Å². The van der Waals surface area contributed by atoms with Crippen molar-refractivity contribution in [3.63, 3.8) is 0 Å². The van der Waals surface area contributed by atoms with Gasteiger partial charge < -0.3 is 11.1 Å². The van der Waals surface area contributed by atoms with Crippen LogP contribution in [-0.2, 0) is 16.2 Å². The third-order valence-electron chi connectivity index (χ3n) is 7.73. The molecule has 3 aromatic rings. The van der Waals surface area contributed by atoms with Gasteiger partial charge in [-0.2, -0.15) is 18.2 Å². The Labute approximate surface area is 215 Å². The van der Waals surface area contributed by atoms with E-state index in [0.717, 1.165) is 31.5 Å². The lowest BCUT2D eigenvalue weighted by Gasteiger charge is -2.38. The number of H-pyrrole nitrogens is 1. The minimum absolute atomic E-state index is 0.00362. The Hall–Kier alpha value is -2.90. The molecule has 4 aliphatic carbocycles. The van der Waals surface area contributed by atoms with E-state index in [1.165, 1.54) is 31.0 Å². The molecule has 4 saturated carbocycles. The number of nitrogen functional groups attached to an aromatic ring is 1. The van der Waals surface area contributed by atoms with E-state index >= 15 is 0 Å². The van der Waals surface area contributed by atoms with Gasteiger partial charge >= 0.3 is 6.18 Å². The molecule has 0 spiro atoms. The normalized spacial score (nSPS) is 26.6. The smallest absolute Gasteiger partial charge is 0.368 e. The van der Waals surface area contributed by atoms with Gasteiger partial charge in [0.2, 0.25) is 11.9 Å². The number of hydrogen-bond acceptors (Lipinski definition) is 7. The Morgan fingerprint density at radius 3 is 2.43 bits per heavy atom. The first-order chi connectivity index (χ1) is 17.4. The van der Waals surface area contributed by atoms with Gasteiger partial charge in [0, 0.05) is 28.6 Å². The van der Waals surface area contributed by atoms with Crippen LogP contribution < -0.4 is 15.8 Å².